The predicted molar refractivity (Wildman–Crippen MR) is 111 cm³/mol. The molecule has 1 aliphatic heterocycles. The lowest BCUT2D eigenvalue weighted by atomic mass is 10.2. The van der Waals surface area contributed by atoms with Gasteiger partial charge in [0, 0.05) is 19.3 Å². The van der Waals surface area contributed by atoms with Crippen molar-refractivity contribution in [2.45, 2.75) is 27.2 Å². The third-order valence-corrected chi connectivity index (χ3v) is 3.60. The molecule has 1 aliphatic rings. The molecule has 0 aromatic rings. The summed E-state index contributed by atoms with van der Waals surface area (Å²) in [6.45, 7) is 23.7. The second kappa shape index (κ2) is 13.7. The van der Waals surface area contributed by atoms with E-state index < -0.39 is 0 Å². The molecule has 0 bridgehead atoms. The summed E-state index contributed by atoms with van der Waals surface area (Å²) in [4.78, 5) is 0. The van der Waals surface area contributed by atoms with Crippen LogP contribution in [-0.4, -0.2) is 69.3 Å². The Balaban J connectivity index is 2.46. The first-order valence-electron chi connectivity index (χ1n) is 9.50. The van der Waals surface area contributed by atoms with Gasteiger partial charge in [-0.05, 0) is 32.8 Å². The van der Waals surface area contributed by atoms with Gasteiger partial charge in [0.15, 0.2) is 0 Å². The van der Waals surface area contributed by atoms with Crippen molar-refractivity contribution in [3.8, 4) is 0 Å². The number of hydrogen-bond acceptors (Lipinski definition) is 6. The van der Waals surface area contributed by atoms with Crippen molar-refractivity contribution >= 4 is 0 Å². The van der Waals surface area contributed by atoms with E-state index in [-0.39, 0.29) is 0 Å². The molecular weight excluding hydrogens is 342 g/mol. The maximum Gasteiger partial charge on any atom is 0.0672 e. The molecule has 0 atom stereocenters. The largest absolute Gasteiger partial charge is 0.377 e. The molecule has 0 aromatic carbocycles. The zero-order chi connectivity index (χ0) is 20.1. The number of rotatable bonds is 15. The molecule has 1 N–H and O–H groups in total. The standard InChI is InChI=1S/C21H37N3O3/c1-18(2)15-25-10-7-21-13-23(8-11-26-16-19(3)4)22-24(14-21)9-12-27-17-20(5)6/h13,22H,1,3,5,7-12,14-17H2,2,4,6H3. The molecule has 0 saturated carbocycles. The SMILES string of the molecule is C=C(C)COCCC1=CN(CCOCC(=C)C)NN(CCOCC(=C)C)C1. The van der Waals surface area contributed by atoms with Gasteiger partial charge < -0.3 is 14.2 Å². The maximum absolute atomic E-state index is 5.65. The Kier molecular flexibility index (Phi) is 12.0. The van der Waals surface area contributed by atoms with Crippen LogP contribution in [0.15, 0.2) is 48.2 Å². The average Bonchev–Trinajstić information content (AvgIpc) is 2.59. The summed E-state index contributed by atoms with van der Waals surface area (Å²) in [5, 5.41) is 4.22. The fraction of sp³-hybridized carbons (Fsp3) is 0.619. The molecule has 0 radical (unpaired) electrons. The van der Waals surface area contributed by atoms with Crippen LogP contribution in [0.1, 0.15) is 27.2 Å². The van der Waals surface area contributed by atoms with E-state index >= 15 is 0 Å². The summed E-state index contributed by atoms with van der Waals surface area (Å²) in [5.74, 6) is 0. The van der Waals surface area contributed by atoms with Gasteiger partial charge in [-0.15, -0.1) is 0 Å². The average molecular weight is 380 g/mol. The van der Waals surface area contributed by atoms with Gasteiger partial charge in [-0.2, -0.15) is 5.53 Å². The Morgan fingerprint density at radius 3 is 1.96 bits per heavy atom. The van der Waals surface area contributed by atoms with Gasteiger partial charge in [-0.3, -0.25) is 5.01 Å². The molecule has 0 aromatic heterocycles. The van der Waals surface area contributed by atoms with Crippen LogP contribution >= 0.6 is 0 Å². The van der Waals surface area contributed by atoms with Crippen LogP contribution in [0.3, 0.4) is 0 Å². The van der Waals surface area contributed by atoms with Crippen LogP contribution in [0, 0.1) is 0 Å². The number of nitrogens with zero attached hydrogens (tertiary/aromatic N) is 2. The van der Waals surface area contributed by atoms with Crippen molar-refractivity contribution in [2.75, 3.05) is 59.3 Å². The van der Waals surface area contributed by atoms with Gasteiger partial charge in [0.25, 0.3) is 0 Å². The highest BCUT2D eigenvalue weighted by Crippen LogP contribution is 2.11. The maximum atomic E-state index is 5.65. The van der Waals surface area contributed by atoms with Gasteiger partial charge in [0.05, 0.1) is 46.2 Å². The van der Waals surface area contributed by atoms with Crippen LogP contribution in [-0.2, 0) is 14.2 Å². The topological polar surface area (TPSA) is 46.2 Å². The van der Waals surface area contributed by atoms with Crippen molar-refractivity contribution in [2.24, 2.45) is 0 Å². The van der Waals surface area contributed by atoms with Gasteiger partial charge in [-0.25, -0.2) is 5.01 Å². The van der Waals surface area contributed by atoms with E-state index in [0.717, 1.165) is 42.8 Å². The Morgan fingerprint density at radius 1 is 0.889 bits per heavy atom. The lowest BCUT2D eigenvalue weighted by molar-refractivity contribution is 0.00731. The molecule has 27 heavy (non-hydrogen) atoms. The minimum Gasteiger partial charge on any atom is -0.377 e. The van der Waals surface area contributed by atoms with Crippen molar-refractivity contribution in [1.82, 2.24) is 15.6 Å². The van der Waals surface area contributed by atoms with Crippen LogP contribution in [0.2, 0.25) is 0 Å². The third-order valence-electron chi connectivity index (χ3n) is 3.60. The van der Waals surface area contributed by atoms with E-state index in [1.54, 1.807) is 0 Å². The van der Waals surface area contributed by atoms with Crippen molar-refractivity contribution in [3.05, 3.63) is 48.2 Å². The second-order valence-electron chi connectivity index (χ2n) is 7.28. The molecular formula is C21H37N3O3. The fourth-order valence-corrected chi connectivity index (χ4v) is 2.42. The van der Waals surface area contributed by atoms with Crippen LogP contribution in [0.5, 0.6) is 0 Å². The third kappa shape index (κ3) is 12.5. The molecule has 6 heteroatoms. The molecule has 0 aliphatic carbocycles. The number of nitrogens with one attached hydrogen (secondary N) is 1. The minimum absolute atomic E-state index is 0.595. The molecule has 0 saturated heterocycles. The Labute approximate surface area is 165 Å². The summed E-state index contributed by atoms with van der Waals surface area (Å²) in [6, 6.07) is 0. The number of hydrogen-bond donors (Lipinski definition) is 1. The molecule has 1 heterocycles. The monoisotopic (exact) mass is 379 g/mol. The minimum atomic E-state index is 0.595. The highest BCUT2D eigenvalue weighted by Gasteiger charge is 2.17. The lowest BCUT2D eigenvalue weighted by Gasteiger charge is -2.36. The highest BCUT2D eigenvalue weighted by atomic mass is 16.5. The van der Waals surface area contributed by atoms with E-state index in [4.69, 9.17) is 14.2 Å². The Hall–Kier alpha value is -1.44. The van der Waals surface area contributed by atoms with E-state index in [0.29, 0.717) is 39.6 Å². The van der Waals surface area contributed by atoms with Crippen molar-refractivity contribution < 1.29 is 14.2 Å². The van der Waals surface area contributed by atoms with Gasteiger partial charge in [0.1, 0.15) is 0 Å². The lowest BCUT2D eigenvalue weighted by Crippen LogP contribution is -2.53. The molecule has 0 fully saturated rings. The Morgan fingerprint density at radius 2 is 1.41 bits per heavy atom. The van der Waals surface area contributed by atoms with Crippen LogP contribution < -0.4 is 5.53 Å². The van der Waals surface area contributed by atoms with E-state index in [2.05, 4.69) is 41.5 Å². The summed E-state index contributed by atoms with van der Waals surface area (Å²) in [5.41, 5.74) is 7.82. The number of hydrazine groups is 2. The predicted octanol–water partition coefficient (Wildman–Crippen LogP) is 3.08. The molecule has 6 nitrogen and oxygen atoms in total. The first kappa shape index (κ1) is 23.6. The van der Waals surface area contributed by atoms with E-state index in [1.165, 1.54) is 5.57 Å². The van der Waals surface area contributed by atoms with Crippen molar-refractivity contribution in [1.29, 1.82) is 0 Å². The van der Waals surface area contributed by atoms with Gasteiger partial charge in [-0.1, -0.05) is 36.5 Å². The highest BCUT2D eigenvalue weighted by molar-refractivity contribution is 5.06. The molecule has 154 valence electrons. The van der Waals surface area contributed by atoms with E-state index in [1.807, 2.05) is 20.8 Å². The fourth-order valence-electron chi connectivity index (χ4n) is 2.42. The number of ether oxygens (including phenoxy) is 3. The molecule has 0 spiro atoms. The van der Waals surface area contributed by atoms with Gasteiger partial charge >= 0.3 is 0 Å². The quantitative estimate of drug-likeness (QED) is 0.349. The molecule has 1 rings (SSSR count). The summed E-state index contributed by atoms with van der Waals surface area (Å²) in [7, 11) is 0. The van der Waals surface area contributed by atoms with Crippen LogP contribution in [0.4, 0.5) is 0 Å². The zero-order valence-electron chi connectivity index (χ0n) is 17.4. The summed E-state index contributed by atoms with van der Waals surface area (Å²) in [6.07, 6.45) is 3.04. The molecule has 0 amide bonds. The normalized spacial score (nSPS) is 14.9. The second-order valence-corrected chi connectivity index (χ2v) is 7.28. The first-order chi connectivity index (χ1) is 12.9. The molecule has 0 unspecified atom stereocenters. The Bertz CT molecular complexity index is 517. The zero-order valence-corrected chi connectivity index (χ0v) is 17.4. The van der Waals surface area contributed by atoms with Crippen molar-refractivity contribution in [3.63, 3.8) is 0 Å². The summed E-state index contributed by atoms with van der Waals surface area (Å²) >= 11 is 0. The van der Waals surface area contributed by atoms with Gasteiger partial charge in [0.2, 0.25) is 0 Å². The smallest absolute Gasteiger partial charge is 0.0672 e. The first-order valence-corrected chi connectivity index (χ1v) is 9.50. The van der Waals surface area contributed by atoms with E-state index in [9.17, 15) is 0 Å². The van der Waals surface area contributed by atoms with Crippen LogP contribution in [0.25, 0.3) is 0 Å². The summed E-state index contributed by atoms with van der Waals surface area (Å²) < 4.78 is 16.9.